The first-order valence-corrected chi connectivity index (χ1v) is 10.0. The van der Waals surface area contributed by atoms with Gasteiger partial charge in [-0.15, -0.1) is 0 Å². The smallest absolute Gasteiger partial charge is 0.444 e. The summed E-state index contributed by atoms with van der Waals surface area (Å²) in [6, 6.07) is 0. The zero-order valence-electron chi connectivity index (χ0n) is 17.0. The normalized spacial score (nSPS) is 16.4. The molecule has 5 nitrogen and oxygen atoms in total. The van der Waals surface area contributed by atoms with Crippen molar-refractivity contribution in [1.29, 1.82) is 0 Å². The van der Waals surface area contributed by atoms with Crippen LogP contribution in [0.15, 0.2) is 12.7 Å². The summed E-state index contributed by atoms with van der Waals surface area (Å²) >= 11 is 0. The predicted molar refractivity (Wildman–Crippen MR) is 83.4 cm³/mol. The van der Waals surface area contributed by atoms with E-state index in [0.717, 1.165) is 5.32 Å². The largest absolute Gasteiger partial charge is 0.460 e. The summed E-state index contributed by atoms with van der Waals surface area (Å²) in [7, 11) is -7.32. The lowest BCUT2D eigenvalue weighted by molar-refractivity contribution is -0.458. The van der Waals surface area contributed by atoms with Crippen LogP contribution in [0, 0.1) is 0 Å². The van der Waals surface area contributed by atoms with Crippen LogP contribution in [0.2, 0.25) is 0 Å². The van der Waals surface area contributed by atoms with Gasteiger partial charge in [0.1, 0.15) is 5.88 Å². The molecule has 0 radical (unpaired) electrons. The zero-order chi connectivity index (χ0) is 30.5. The third-order valence-electron chi connectivity index (χ3n) is 4.10. The molecule has 0 aliphatic heterocycles. The second kappa shape index (κ2) is 9.59. The van der Waals surface area contributed by atoms with Gasteiger partial charge in [-0.1, -0.05) is 6.58 Å². The monoisotopic (exact) mass is 611 g/mol. The van der Waals surface area contributed by atoms with Crippen LogP contribution in [0.5, 0.6) is 0 Å². The number of sulfone groups is 1. The topological polar surface area (TPSA) is 72.5 Å². The Balaban J connectivity index is 6.62. The highest BCUT2D eigenvalue weighted by atomic mass is 32.2. The van der Waals surface area contributed by atoms with Crippen molar-refractivity contribution in [3.63, 3.8) is 0 Å². The molecule has 0 aliphatic carbocycles. The number of esters is 1. The summed E-state index contributed by atoms with van der Waals surface area (Å²) in [6.07, 6.45) is -9.62. The highest BCUT2D eigenvalue weighted by Crippen LogP contribution is 2.64. The number of nitrogens with one attached hydrogen (secondary N) is 1. The molecule has 0 bridgehead atoms. The number of rotatable bonds is 12. The van der Waals surface area contributed by atoms with Crippen molar-refractivity contribution in [2.75, 3.05) is 5.88 Å². The summed E-state index contributed by atoms with van der Waals surface area (Å²) in [5, 5.41) is -6.51. The third kappa shape index (κ3) is 5.15. The minimum absolute atomic E-state index is 0.357. The van der Waals surface area contributed by atoms with Crippen molar-refractivity contribution in [2.45, 2.75) is 60.1 Å². The molecule has 220 valence electrons. The van der Waals surface area contributed by atoms with Gasteiger partial charge in [0.05, 0.1) is 0 Å². The fraction of sp³-hybridized carbons (Fsp3) is 0.786. The fourth-order valence-corrected chi connectivity index (χ4v) is 3.08. The Morgan fingerprint density at radius 1 is 0.730 bits per heavy atom. The summed E-state index contributed by atoms with van der Waals surface area (Å²) in [6.45, 7) is 3.36. The Hall–Kier alpha value is -2.07. The number of hydrogen-bond acceptors (Lipinski definition) is 5. The van der Waals surface area contributed by atoms with E-state index in [4.69, 9.17) is 0 Å². The summed E-state index contributed by atoms with van der Waals surface area (Å²) < 4.78 is 251. The molecule has 0 aromatic rings. The average molecular weight is 611 g/mol. The number of alkyl halides is 17. The first-order valence-electron chi connectivity index (χ1n) is 8.35. The lowest BCUT2D eigenvalue weighted by Crippen LogP contribution is -2.75. The van der Waals surface area contributed by atoms with Crippen molar-refractivity contribution in [2.24, 2.45) is 0 Å². The van der Waals surface area contributed by atoms with Gasteiger partial charge < -0.3 is 4.74 Å². The Kier molecular flexibility index (Phi) is 9.06. The quantitative estimate of drug-likeness (QED) is 0.146. The number of carbonyl (C=O) groups excluding carboxylic acids is 1. The molecule has 0 aliphatic rings. The molecule has 0 heterocycles. The molecule has 0 fully saturated rings. The van der Waals surface area contributed by atoms with Gasteiger partial charge in [0, 0.05) is 6.08 Å². The minimum Gasteiger partial charge on any atom is -0.444 e. The van der Waals surface area contributed by atoms with Crippen LogP contribution >= 0.6 is 0 Å². The standard InChI is InChI=1S/C14H10F17NO4S/c1-3-6(33)36-5(2)32-4-37(34,35)14(30,31)12(25,26)10(21,22)8(17,18)7(15,16)9(19,20)11(23,24)13(27,28)29/h3,5,32H,1,4H2,2H3. The van der Waals surface area contributed by atoms with Gasteiger partial charge in [0.2, 0.25) is 9.84 Å². The third-order valence-corrected chi connectivity index (χ3v) is 5.69. The molecule has 0 spiro atoms. The van der Waals surface area contributed by atoms with E-state index in [1.165, 1.54) is 0 Å². The Morgan fingerprint density at radius 2 is 1.05 bits per heavy atom. The molecule has 1 N–H and O–H groups in total. The predicted octanol–water partition coefficient (Wildman–Crippen LogP) is 4.99. The summed E-state index contributed by atoms with van der Waals surface area (Å²) in [5.74, 6) is -56.1. The van der Waals surface area contributed by atoms with Gasteiger partial charge >= 0.3 is 52.9 Å². The van der Waals surface area contributed by atoms with Crippen LogP contribution in [-0.4, -0.2) is 73.5 Å². The van der Waals surface area contributed by atoms with E-state index < -0.39 is 74.9 Å². The molecule has 37 heavy (non-hydrogen) atoms. The molecule has 0 saturated heterocycles. The molecule has 1 atom stereocenters. The molecule has 0 aromatic heterocycles. The zero-order valence-corrected chi connectivity index (χ0v) is 17.9. The van der Waals surface area contributed by atoms with Gasteiger partial charge in [-0.05, 0) is 6.92 Å². The van der Waals surface area contributed by atoms with E-state index in [0.29, 0.717) is 13.0 Å². The van der Waals surface area contributed by atoms with Crippen LogP contribution in [0.1, 0.15) is 6.92 Å². The van der Waals surface area contributed by atoms with Gasteiger partial charge in [-0.2, -0.15) is 74.6 Å². The summed E-state index contributed by atoms with van der Waals surface area (Å²) in [4.78, 5) is 10.8. The highest BCUT2D eigenvalue weighted by Gasteiger charge is 2.96. The molecule has 23 heteroatoms. The highest BCUT2D eigenvalue weighted by molar-refractivity contribution is 7.92. The maximum atomic E-state index is 13.8. The van der Waals surface area contributed by atoms with Crippen LogP contribution in [0.3, 0.4) is 0 Å². The molecule has 0 aromatic carbocycles. The average Bonchev–Trinajstić information content (AvgIpc) is 2.70. The van der Waals surface area contributed by atoms with Gasteiger partial charge in [0.25, 0.3) is 0 Å². The van der Waals surface area contributed by atoms with Gasteiger partial charge in [-0.25, -0.2) is 13.2 Å². The van der Waals surface area contributed by atoms with E-state index >= 15 is 0 Å². The number of hydrogen-bond donors (Lipinski definition) is 1. The first kappa shape index (κ1) is 34.9. The van der Waals surface area contributed by atoms with Crippen LogP contribution < -0.4 is 5.32 Å². The van der Waals surface area contributed by atoms with Crippen molar-refractivity contribution in [1.82, 2.24) is 5.32 Å². The van der Waals surface area contributed by atoms with E-state index in [9.17, 15) is 87.8 Å². The molecule has 0 saturated carbocycles. The lowest BCUT2D eigenvalue weighted by Gasteiger charge is -2.42. The Bertz CT molecular complexity index is 973. The fourth-order valence-electron chi connectivity index (χ4n) is 1.93. The maximum absolute atomic E-state index is 13.8. The van der Waals surface area contributed by atoms with Gasteiger partial charge in [-0.3, -0.25) is 5.32 Å². The van der Waals surface area contributed by atoms with E-state index in [2.05, 4.69) is 11.3 Å². The number of ether oxygens (including phenoxy) is 1. The second-order valence-electron chi connectivity index (χ2n) is 6.71. The molecular weight excluding hydrogens is 601 g/mol. The van der Waals surface area contributed by atoms with E-state index in [1.807, 2.05) is 0 Å². The molecular formula is C14H10F17NO4S. The van der Waals surface area contributed by atoms with E-state index in [-0.39, 0.29) is 0 Å². The van der Waals surface area contributed by atoms with Crippen molar-refractivity contribution >= 4 is 15.8 Å². The lowest BCUT2D eigenvalue weighted by atomic mass is 9.91. The van der Waals surface area contributed by atoms with Crippen molar-refractivity contribution < 1.29 is 92.6 Å². The summed E-state index contributed by atoms with van der Waals surface area (Å²) in [5.41, 5.74) is 0. The first-order chi connectivity index (χ1) is 15.8. The number of halogens is 17. The van der Waals surface area contributed by atoms with Gasteiger partial charge in [0.15, 0.2) is 6.23 Å². The van der Waals surface area contributed by atoms with Crippen molar-refractivity contribution in [3.05, 3.63) is 12.7 Å². The van der Waals surface area contributed by atoms with E-state index in [1.54, 1.807) is 0 Å². The van der Waals surface area contributed by atoms with Crippen LogP contribution in [0.25, 0.3) is 0 Å². The molecule has 0 rings (SSSR count). The van der Waals surface area contributed by atoms with Crippen LogP contribution in [-0.2, 0) is 19.4 Å². The second-order valence-corrected chi connectivity index (χ2v) is 8.74. The minimum atomic E-state index is -8.90. The van der Waals surface area contributed by atoms with Crippen LogP contribution in [0.4, 0.5) is 74.6 Å². The molecule has 0 amide bonds. The SMILES string of the molecule is C=CC(=O)OC(C)NCS(=O)(=O)C(F)(F)C(F)(F)C(F)(F)C(F)(F)C(F)(F)C(F)(F)C(F)(F)C(F)(F)F. The number of carbonyl (C=O) groups is 1. The van der Waals surface area contributed by atoms with Crippen molar-refractivity contribution in [3.8, 4) is 0 Å². The maximum Gasteiger partial charge on any atom is 0.460 e. The Morgan fingerprint density at radius 3 is 1.38 bits per heavy atom. The molecule has 1 unspecified atom stereocenters. The Labute approximate surface area is 193 Å².